The highest BCUT2D eigenvalue weighted by Crippen LogP contribution is 2.24. The molecule has 18 heavy (non-hydrogen) atoms. The summed E-state index contributed by atoms with van der Waals surface area (Å²) in [6.45, 7) is 0. The lowest BCUT2D eigenvalue weighted by Gasteiger charge is -2.00. The summed E-state index contributed by atoms with van der Waals surface area (Å²) >= 11 is 0. The van der Waals surface area contributed by atoms with Crippen molar-refractivity contribution < 1.29 is 4.74 Å². The molecule has 0 saturated carbocycles. The summed E-state index contributed by atoms with van der Waals surface area (Å²) in [6.07, 6.45) is 0. The molecule has 0 spiro atoms. The van der Waals surface area contributed by atoms with Gasteiger partial charge in [0.05, 0.1) is 12.8 Å². The molecule has 0 radical (unpaired) electrons. The van der Waals surface area contributed by atoms with Crippen molar-refractivity contribution in [3.05, 3.63) is 36.4 Å². The fourth-order valence-corrected chi connectivity index (χ4v) is 1.33. The first-order valence-corrected chi connectivity index (χ1v) is 5.27. The molecule has 1 heterocycles. The van der Waals surface area contributed by atoms with Gasteiger partial charge in [-0.25, -0.2) is 4.98 Å². The van der Waals surface area contributed by atoms with Gasteiger partial charge in [-0.05, 0) is 36.4 Å². The van der Waals surface area contributed by atoms with E-state index in [0.29, 0.717) is 17.2 Å². The Morgan fingerprint density at radius 3 is 2.33 bits per heavy atom. The molecule has 2 aromatic rings. The van der Waals surface area contributed by atoms with Crippen molar-refractivity contribution >= 4 is 23.0 Å². The van der Waals surface area contributed by atoms with Crippen LogP contribution in [0.2, 0.25) is 0 Å². The highest BCUT2D eigenvalue weighted by atomic mass is 16.5. The van der Waals surface area contributed by atoms with Crippen molar-refractivity contribution in [1.82, 2.24) is 4.98 Å². The van der Waals surface area contributed by atoms with E-state index in [9.17, 15) is 0 Å². The van der Waals surface area contributed by atoms with Crippen LogP contribution in [-0.4, -0.2) is 12.1 Å². The lowest BCUT2D eigenvalue weighted by atomic mass is 10.3. The summed E-state index contributed by atoms with van der Waals surface area (Å²) < 4.78 is 5.05. The van der Waals surface area contributed by atoms with Crippen molar-refractivity contribution in [2.45, 2.75) is 0 Å². The summed E-state index contributed by atoms with van der Waals surface area (Å²) in [7, 11) is 1.61. The van der Waals surface area contributed by atoms with Crippen LogP contribution in [0, 0.1) is 0 Å². The van der Waals surface area contributed by atoms with E-state index in [1.54, 1.807) is 43.5 Å². The predicted molar refractivity (Wildman–Crippen MR) is 70.2 cm³/mol. The molecule has 0 aliphatic heterocycles. The lowest BCUT2D eigenvalue weighted by Crippen LogP contribution is -1.95. The standard InChI is InChI=1S/C12H13N5O/c1-18-9-4-2-8(3-5-9)16-17-10-6-7-11(13)15-12(10)14/h2-7H,1H3,(H4,13,14,15)/b17-16+. The average molecular weight is 243 g/mol. The van der Waals surface area contributed by atoms with Crippen molar-refractivity contribution in [2.24, 2.45) is 10.2 Å². The minimum atomic E-state index is 0.257. The number of nitrogen functional groups attached to an aromatic ring is 2. The van der Waals surface area contributed by atoms with Gasteiger partial charge in [0.1, 0.15) is 17.3 Å². The maximum atomic E-state index is 5.67. The number of ether oxygens (including phenoxy) is 1. The Morgan fingerprint density at radius 2 is 1.72 bits per heavy atom. The van der Waals surface area contributed by atoms with Crippen LogP contribution in [0.15, 0.2) is 46.6 Å². The number of rotatable bonds is 3. The second kappa shape index (κ2) is 5.13. The fraction of sp³-hybridized carbons (Fsp3) is 0.0833. The second-order valence-electron chi connectivity index (χ2n) is 3.54. The molecule has 0 aliphatic rings. The van der Waals surface area contributed by atoms with Gasteiger partial charge in [0.25, 0.3) is 0 Å². The zero-order valence-corrected chi connectivity index (χ0v) is 9.87. The van der Waals surface area contributed by atoms with Gasteiger partial charge in [-0.3, -0.25) is 0 Å². The van der Waals surface area contributed by atoms with E-state index in [1.165, 1.54) is 0 Å². The Bertz CT molecular complexity index is 565. The van der Waals surface area contributed by atoms with Gasteiger partial charge in [-0.2, -0.15) is 5.11 Å². The predicted octanol–water partition coefficient (Wildman–Crippen LogP) is 2.67. The van der Waals surface area contributed by atoms with E-state index in [4.69, 9.17) is 16.2 Å². The van der Waals surface area contributed by atoms with E-state index in [2.05, 4.69) is 15.2 Å². The summed E-state index contributed by atoms with van der Waals surface area (Å²) in [5, 5.41) is 8.06. The number of methoxy groups -OCH3 is 1. The topological polar surface area (TPSA) is 98.9 Å². The molecule has 6 heteroatoms. The van der Waals surface area contributed by atoms with Crippen molar-refractivity contribution in [3.63, 3.8) is 0 Å². The normalized spacial score (nSPS) is 10.7. The van der Waals surface area contributed by atoms with Gasteiger partial charge in [-0.15, -0.1) is 5.11 Å². The average Bonchev–Trinajstić information content (AvgIpc) is 2.38. The van der Waals surface area contributed by atoms with Crippen LogP contribution in [0.25, 0.3) is 0 Å². The highest BCUT2D eigenvalue weighted by molar-refractivity contribution is 5.60. The molecule has 6 nitrogen and oxygen atoms in total. The van der Waals surface area contributed by atoms with Crippen LogP contribution >= 0.6 is 0 Å². The SMILES string of the molecule is COc1ccc(/N=N/c2ccc(N)nc2N)cc1. The minimum absolute atomic E-state index is 0.257. The van der Waals surface area contributed by atoms with Crippen LogP contribution in [0.3, 0.4) is 0 Å². The first-order chi connectivity index (χ1) is 8.69. The van der Waals surface area contributed by atoms with E-state index in [0.717, 1.165) is 5.75 Å². The van der Waals surface area contributed by atoms with Gasteiger partial charge >= 0.3 is 0 Å². The largest absolute Gasteiger partial charge is 0.497 e. The van der Waals surface area contributed by atoms with E-state index < -0.39 is 0 Å². The van der Waals surface area contributed by atoms with E-state index in [1.807, 2.05) is 0 Å². The van der Waals surface area contributed by atoms with Gasteiger partial charge in [0.2, 0.25) is 0 Å². The monoisotopic (exact) mass is 243 g/mol. The van der Waals surface area contributed by atoms with Crippen molar-refractivity contribution in [2.75, 3.05) is 18.6 Å². The van der Waals surface area contributed by atoms with Crippen LogP contribution in [0.5, 0.6) is 5.75 Å². The third-order valence-electron chi connectivity index (χ3n) is 2.27. The van der Waals surface area contributed by atoms with Crippen molar-refractivity contribution in [3.8, 4) is 5.75 Å². The van der Waals surface area contributed by atoms with Gasteiger partial charge in [0.15, 0.2) is 5.82 Å². The van der Waals surface area contributed by atoms with Gasteiger partial charge < -0.3 is 16.2 Å². The summed E-state index contributed by atoms with van der Waals surface area (Å²) in [4.78, 5) is 3.90. The van der Waals surface area contributed by atoms with Crippen LogP contribution < -0.4 is 16.2 Å². The maximum absolute atomic E-state index is 5.67. The zero-order chi connectivity index (χ0) is 13.0. The fourth-order valence-electron chi connectivity index (χ4n) is 1.33. The van der Waals surface area contributed by atoms with E-state index in [-0.39, 0.29) is 5.82 Å². The molecular formula is C12H13N5O. The summed E-state index contributed by atoms with van der Waals surface area (Å²) in [6, 6.07) is 10.5. The van der Waals surface area contributed by atoms with Crippen LogP contribution in [0.1, 0.15) is 0 Å². The Hall–Kier alpha value is -2.63. The van der Waals surface area contributed by atoms with Crippen LogP contribution in [0.4, 0.5) is 23.0 Å². The Morgan fingerprint density at radius 1 is 1.00 bits per heavy atom. The molecule has 0 fully saturated rings. The molecule has 4 N–H and O–H groups in total. The number of benzene rings is 1. The van der Waals surface area contributed by atoms with Crippen molar-refractivity contribution in [1.29, 1.82) is 0 Å². The molecule has 2 rings (SSSR count). The second-order valence-corrected chi connectivity index (χ2v) is 3.54. The number of nitrogens with two attached hydrogens (primary N) is 2. The highest BCUT2D eigenvalue weighted by Gasteiger charge is 1.99. The number of nitrogens with zero attached hydrogens (tertiary/aromatic N) is 3. The molecule has 0 aliphatic carbocycles. The molecule has 0 saturated heterocycles. The first-order valence-electron chi connectivity index (χ1n) is 5.27. The van der Waals surface area contributed by atoms with Gasteiger partial charge in [-0.1, -0.05) is 0 Å². The molecular weight excluding hydrogens is 230 g/mol. The number of hydrogen-bond acceptors (Lipinski definition) is 6. The molecule has 0 amide bonds. The molecule has 0 unspecified atom stereocenters. The number of pyridine rings is 1. The maximum Gasteiger partial charge on any atom is 0.153 e. The minimum Gasteiger partial charge on any atom is -0.497 e. The number of aromatic nitrogens is 1. The first kappa shape index (κ1) is 11.8. The zero-order valence-electron chi connectivity index (χ0n) is 9.87. The molecule has 0 atom stereocenters. The third-order valence-corrected chi connectivity index (χ3v) is 2.27. The molecule has 1 aromatic heterocycles. The molecule has 92 valence electrons. The quantitative estimate of drug-likeness (QED) is 0.809. The Labute approximate surface area is 104 Å². The Kier molecular flexibility index (Phi) is 3.38. The third kappa shape index (κ3) is 2.73. The molecule has 0 bridgehead atoms. The Balaban J connectivity index is 2.19. The summed E-state index contributed by atoms with van der Waals surface area (Å²) in [5.74, 6) is 1.38. The summed E-state index contributed by atoms with van der Waals surface area (Å²) in [5.41, 5.74) is 12.3. The van der Waals surface area contributed by atoms with E-state index >= 15 is 0 Å². The smallest absolute Gasteiger partial charge is 0.153 e. The number of hydrogen-bond donors (Lipinski definition) is 2. The lowest BCUT2D eigenvalue weighted by molar-refractivity contribution is 0.415. The number of azo groups is 1. The molecule has 1 aromatic carbocycles. The van der Waals surface area contributed by atoms with Gasteiger partial charge in [0, 0.05) is 0 Å². The number of anilines is 2. The van der Waals surface area contributed by atoms with Crippen LogP contribution in [-0.2, 0) is 0 Å².